The highest BCUT2D eigenvalue weighted by atomic mass is 79.9. The second kappa shape index (κ2) is 6.21. The lowest BCUT2D eigenvalue weighted by molar-refractivity contribution is 0.590. The highest BCUT2D eigenvalue weighted by Crippen LogP contribution is 2.30. The summed E-state index contributed by atoms with van der Waals surface area (Å²) >= 11 is 5.35. The average molecular weight is 338 g/mol. The van der Waals surface area contributed by atoms with Crippen molar-refractivity contribution in [2.75, 3.05) is 7.05 Å². The monoisotopic (exact) mass is 337 g/mol. The molecule has 1 unspecified atom stereocenters. The van der Waals surface area contributed by atoms with Crippen LogP contribution in [0, 0.1) is 20.8 Å². The summed E-state index contributed by atoms with van der Waals surface area (Å²) in [6.07, 6.45) is 1.04. The van der Waals surface area contributed by atoms with Crippen LogP contribution in [0.3, 0.4) is 0 Å². The van der Waals surface area contributed by atoms with E-state index < -0.39 is 0 Å². The molecule has 0 saturated carbocycles. The fraction of sp³-hybridized carbons (Fsp3) is 0.375. The molecule has 1 aromatic carbocycles. The number of thiophene rings is 1. The standard InChI is InChI=1S/C16H20BrNS/c1-10-7-11(2)16(12(3)8-10)14(18-4)9-13-5-6-15(17)19-13/h5-8,14,18H,9H2,1-4H3. The number of aryl methyl sites for hydroxylation is 3. The van der Waals surface area contributed by atoms with E-state index in [1.54, 1.807) is 0 Å². The van der Waals surface area contributed by atoms with Gasteiger partial charge in [-0.1, -0.05) is 17.7 Å². The maximum Gasteiger partial charge on any atom is 0.0701 e. The maximum absolute atomic E-state index is 3.54. The van der Waals surface area contributed by atoms with E-state index >= 15 is 0 Å². The molecule has 1 N–H and O–H groups in total. The zero-order chi connectivity index (χ0) is 14.0. The van der Waals surface area contributed by atoms with Gasteiger partial charge in [0, 0.05) is 17.3 Å². The van der Waals surface area contributed by atoms with Crippen molar-refractivity contribution < 1.29 is 0 Å². The van der Waals surface area contributed by atoms with Gasteiger partial charge in [-0.05, 0) is 72.6 Å². The quantitative estimate of drug-likeness (QED) is 0.833. The molecule has 0 aliphatic rings. The zero-order valence-electron chi connectivity index (χ0n) is 11.9. The fourth-order valence-corrected chi connectivity index (χ4v) is 4.28. The molecule has 0 fully saturated rings. The van der Waals surface area contributed by atoms with Gasteiger partial charge in [0.2, 0.25) is 0 Å². The van der Waals surface area contributed by atoms with Crippen LogP contribution < -0.4 is 5.32 Å². The lowest BCUT2D eigenvalue weighted by Crippen LogP contribution is -2.20. The molecular formula is C16H20BrNS. The van der Waals surface area contributed by atoms with Crippen LogP contribution in [-0.2, 0) is 6.42 Å². The van der Waals surface area contributed by atoms with Crippen LogP contribution in [0.4, 0.5) is 0 Å². The minimum atomic E-state index is 0.381. The molecule has 1 atom stereocenters. The number of rotatable bonds is 4. The Balaban J connectivity index is 2.32. The first-order valence-electron chi connectivity index (χ1n) is 6.50. The van der Waals surface area contributed by atoms with E-state index in [0.29, 0.717) is 6.04 Å². The summed E-state index contributed by atoms with van der Waals surface area (Å²) in [5.41, 5.74) is 5.55. The number of nitrogens with one attached hydrogen (secondary N) is 1. The van der Waals surface area contributed by atoms with Crippen LogP contribution in [-0.4, -0.2) is 7.05 Å². The summed E-state index contributed by atoms with van der Waals surface area (Å²) in [7, 11) is 2.05. The van der Waals surface area contributed by atoms with Gasteiger partial charge in [-0.25, -0.2) is 0 Å². The SMILES string of the molecule is CNC(Cc1ccc(Br)s1)c1c(C)cc(C)cc1C. The lowest BCUT2D eigenvalue weighted by Gasteiger charge is -2.21. The minimum Gasteiger partial charge on any atom is -0.313 e. The van der Waals surface area contributed by atoms with Crippen molar-refractivity contribution in [3.05, 3.63) is 55.2 Å². The third-order valence-corrected chi connectivity index (χ3v) is 5.12. The van der Waals surface area contributed by atoms with Crippen molar-refractivity contribution in [2.45, 2.75) is 33.2 Å². The summed E-state index contributed by atoms with van der Waals surface area (Å²) in [6, 6.07) is 9.26. The predicted molar refractivity (Wildman–Crippen MR) is 88.2 cm³/mol. The van der Waals surface area contributed by atoms with Crippen molar-refractivity contribution in [1.29, 1.82) is 0 Å². The van der Waals surface area contributed by atoms with E-state index in [2.05, 4.69) is 66.3 Å². The molecule has 1 aromatic heterocycles. The van der Waals surface area contributed by atoms with Crippen molar-refractivity contribution >= 4 is 27.3 Å². The van der Waals surface area contributed by atoms with Gasteiger partial charge in [0.05, 0.1) is 3.79 Å². The molecule has 2 aromatic rings. The summed E-state index contributed by atoms with van der Waals surface area (Å²) in [5.74, 6) is 0. The molecule has 19 heavy (non-hydrogen) atoms. The van der Waals surface area contributed by atoms with Gasteiger partial charge in [0.1, 0.15) is 0 Å². The van der Waals surface area contributed by atoms with Crippen molar-refractivity contribution in [1.82, 2.24) is 5.32 Å². The second-order valence-corrected chi connectivity index (χ2v) is 7.61. The third-order valence-electron chi connectivity index (χ3n) is 3.47. The Kier molecular flexibility index (Phi) is 4.82. The summed E-state index contributed by atoms with van der Waals surface area (Å²) in [6.45, 7) is 6.59. The Bertz CT molecular complexity index is 551. The van der Waals surface area contributed by atoms with Crippen LogP contribution in [0.2, 0.25) is 0 Å². The first-order valence-corrected chi connectivity index (χ1v) is 8.11. The normalized spacial score (nSPS) is 12.7. The molecule has 2 rings (SSSR count). The molecule has 0 aliphatic carbocycles. The Labute approximate surface area is 128 Å². The molecule has 0 spiro atoms. The topological polar surface area (TPSA) is 12.0 Å². The molecule has 0 radical (unpaired) electrons. The van der Waals surface area contributed by atoms with Crippen LogP contribution >= 0.6 is 27.3 Å². The molecule has 0 saturated heterocycles. The first kappa shape index (κ1) is 14.8. The highest BCUT2D eigenvalue weighted by molar-refractivity contribution is 9.11. The average Bonchev–Trinajstić information content (AvgIpc) is 2.72. The highest BCUT2D eigenvalue weighted by Gasteiger charge is 2.16. The van der Waals surface area contributed by atoms with Crippen molar-refractivity contribution in [2.24, 2.45) is 0 Å². The van der Waals surface area contributed by atoms with Gasteiger partial charge in [-0.15, -0.1) is 11.3 Å². The molecule has 1 heterocycles. The van der Waals surface area contributed by atoms with E-state index in [9.17, 15) is 0 Å². The molecule has 0 amide bonds. The summed E-state index contributed by atoms with van der Waals surface area (Å²) < 4.78 is 1.20. The smallest absolute Gasteiger partial charge is 0.0701 e. The van der Waals surface area contributed by atoms with Crippen LogP contribution in [0.5, 0.6) is 0 Å². The fourth-order valence-electron chi connectivity index (χ4n) is 2.75. The molecule has 102 valence electrons. The van der Waals surface area contributed by atoms with E-state index in [1.807, 2.05) is 18.4 Å². The number of hydrogen-bond donors (Lipinski definition) is 1. The Morgan fingerprint density at radius 2 is 1.79 bits per heavy atom. The Hall–Kier alpha value is -0.640. The number of benzene rings is 1. The van der Waals surface area contributed by atoms with Gasteiger partial charge in [0.25, 0.3) is 0 Å². The van der Waals surface area contributed by atoms with Crippen molar-refractivity contribution in [3.8, 4) is 0 Å². The van der Waals surface area contributed by atoms with Gasteiger partial charge in [0.15, 0.2) is 0 Å². The Morgan fingerprint density at radius 3 is 2.26 bits per heavy atom. The minimum absolute atomic E-state index is 0.381. The molecular weight excluding hydrogens is 318 g/mol. The van der Waals surface area contributed by atoms with E-state index in [1.165, 1.54) is 30.9 Å². The third kappa shape index (κ3) is 3.47. The number of hydrogen-bond acceptors (Lipinski definition) is 2. The zero-order valence-corrected chi connectivity index (χ0v) is 14.3. The first-order chi connectivity index (χ1) is 9.01. The van der Waals surface area contributed by atoms with Gasteiger partial charge in [-0.2, -0.15) is 0 Å². The van der Waals surface area contributed by atoms with E-state index in [4.69, 9.17) is 0 Å². The largest absolute Gasteiger partial charge is 0.313 e. The lowest BCUT2D eigenvalue weighted by atomic mass is 9.92. The second-order valence-electron chi connectivity index (χ2n) is 5.06. The molecule has 0 aliphatic heterocycles. The number of likely N-dealkylation sites (N-methyl/N-ethyl adjacent to an activating group) is 1. The van der Waals surface area contributed by atoms with Gasteiger partial charge in [-0.3, -0.25) is 0 Å². The van der Waals surface area contributed by atoms with E-state index in [0.717, 1.165) is 6.42 Å². The molecule has 1 nitrogen and oxygen atoms in total. The van der Waals surface area contributed by atoms with Crippen LogP contribution in [0.1, 0.15) is 33.2 Å². The summed E-state index contributed by atoms with van der Waals surface area (Å²) in [5, 5.41) is 3.47. The van der Waals surface area contributed by atoms with Crippen molar-refractivity contribution in [3.63, 3.8) is 0 Å². The summed E-state index contributed by atoms with van der Waals surface area (Å²) in [4.78, 5) is 1.41. The Morgan fingerprint density at radius 1 is 1.16 bits per heavy atom. The van der Waals surface area contributed by atoms with Crippen LogP contribution in [0.25, 0.3) is 0 Å². The number of halogens is 1. The van der Waals surface area contributed by atoms with Gasteiger partial charge < -0.3 is 5.32 Å². The molecule has 0 bridgehead atoms. The predicted octanol–water partition coefficient (Wildman–Crippen LogP) is 4.94. The van der Waals surface area contributed by atoms with Gasteiger partial charge >= 0.3 is 0 Å². The molecule has 3 heteroatoms. The maximum atomic E-state index is 3.54. The van der Waals surface area contributed by atoms with E-state index in [-0.39, 0.29) is 0 Å². The van der Waals surface area contributed by atoms with Crippen LogP contribution in [0.15, 0.2) is 28.1 Å².